The second-order valence-corrected chi connectivity index (χ2v) is 7.89. The number of aromatic nitrogens is 2. The van der Waals surface area contributed by atoms with Crippen molar-refractivity contribution in [2.75, 3.05) is 65.3 Å². The maximum Gasteiger partial charge on any atom is 0.246 e. The van der Waals surface area contributed by atoms with Crippen LogP contribution in [-0.4, -0.2) is 75.4 Å². The highest BCUT2D eigenvalue weighted by Crippen LogP contribution is 2.34. The normalized spacial score (nSPS) is 13.8. The maximum absolute atomic E-state index is 12.7. The van der Waals surface area contributed by atoms with Crippen LogP contribution in [0.5, 0.6) is 23.0 Å². The molecule has 0 saturated carbocycles. The van der Waals surface area contributed by atoms with E-state index in [1.165, 1.54) is 0 Å². The molecule has 3 aromatic rings. The topological polar surface area (TPSA) is 112 Å². The molecule has 2 heterocycles. The van der Waals surface area contributed by atoms with Crippen LogP contribution in [0.3, 0.4) is 0 Å². The summed E-state index contributed by atoms with van der Waals surface area (Å²) in [5.41, 5.74) is 7.74. The monoisotopic (exact) mass is 479 g/mol. The van der Waals surface area contributed by atoms with Crippen LogP contribution in [-0.2, 0) is 4.79 Å². The lowest BCUT2D eigenvalue weighted by Crippen LogP contribution is -2.48. The second-order valence-electron chi connectivity index (χ2n) is 7.89. The number of amides is 1. The fraction of sp³-hybridized carbons (Fsp3) is 0.320. The Balaban J connectivity index is 1.43. The number of rotatable bonds is 7. The third-order valence-corrected chi connectivity index (χ3v) is 5.92. The molecule has 10 heteroatoms. The SMILES string of the molecule is COc1ccc(C=CC(=O)N2CCN(c3nc(N)c4cc(OC)c(OC)cc4n3)CC2)cc1OC. The van der Waals surface area contributed by atoms with Gasteiger partial charge in [0.25, 0.3) is 0 Å². The van der Waals surface area contributed by atoms with Gasteiger partial charge in [0.15, 0.2) is 23.0 Å². The molecule has 1 aliphatic heterocycles. The quantitative estimate of drug-likeness (QED) is 0.511. The van der Waals surface area contributed by atoms with Crippen molar-refractivity contribution in [3.63, 3.8) is 0 Å². The number of ether oxygens (including phenoxy) is 4. The van der Waals surface area contributed by atoms with Gasteiger partial charge in [-0.15, -0.1) is 0 Å². The van der Waals surface area contributed by atoms with Gasteiger partial charge in [-0.1, -0.05) is 6.07 Å². The molecule has 10 nitrogen and oxygen atoms in total. The Labute approximate surface area is 203 Å². The van der Waals surface area contributed by atoms with E-state index in [-0.39, 0.29) is 5.91 Å². The third kappa shape index (κ3) is 5.01. The van der Waals surface area contributed by atoms with Crippen LogP contribution in [0.25, 0.3) is 17.0 Å². The van der Waals surface area contributed by atoms with E-state index in [0.717, 1.165) is 5.56 Å². The summed E-state index contributed by atoms with van der Waals surface area (Å²) >= 11 is 0. The number of nitrogens with two attached hydrogens (primary N) is 1. The molecule has 1 saturated heterocycles. The molecule has 2 aromatic carbocycles. The highest BCUT2D eigenvalue weighted by molar-refractivity contribution is 5.93. The minimum Gasteiger partial charge on any atom is -0.493 e. The van der Waals surface area contributed by atoms with Crippen LogP contribution in [0, 0.1) is 0 Å². The number of benzene rings is 2. The third-order valence-electron chi connectivity index (χ3n) is 5.92. The predicted molar refractivity (Wildman–Crippen MR) is 134 cm³/mol. The lowest BCUT2D eigenvalue weighted by Gasteiger charge is -2.34. The lowest BCUT2D eigenvalue weighted by molar-refractivity contribution is -0.126. The first-order valence-corrected chi connectivity index (χ1v) is 11.1. The van der Waals surface area contributed by atoms with E-state index in [1.54, 1.807) is 57.6 Å². The van der Waals surface area contributed by atoms with Crippen molar-refractivity contribution in [2.24, 2.45) is 0 Å². The van der Waals surface area contributed by atoms with Crippen LogP contribution in [0.4, 0.5) is 11.8 Å². The molecule has 0 atom stereocenters. The fourth-order valence-electron chi connectivity index (χ4n) is 3.96. The van der Waals surface area contributed by atoms with E-state index in [9.17, 15) is 4.79 Å². The number of hydrogen-bond acceptors (Lipinski definition) is 9. The summed E-state index contributed by atoms with van der Waals surface area (Å²) in [7, 11) is 6.31. The summed E-state index contributed by atoms with van der Waals surface area (Å²) in [6.45, 7) is 2.27. The second kappa shape index (κ2) is 10.4. The summed E-state index contributed by atoms with van der Waals surface area (Å²) in [5, 5.41) is 0.695. The Bertz CT molecular complexity index is 1250. The molecule has 0 spiro atoms. The zero-order chi connectivity index (χ0) is 24.9. The van der Waals surface area contributed by atoms with Gasteiger partial charge in [0, 0.05) is 43.7 Å². The predicted octanol–water partition coefficient (Wildman–Crippen LogP) is 2.61. The number of anilines is 2. The number of piperazine rings is 1. The molecule has 0 unspecified atom stereocenters. The summed E-state index contributed by atoms with van der Waals surface area (Å²) in [5.74, 6) is 3.22. The van der Waals surface area contributed by atoms with E-state index >= 15 is 0 Å². The molecule has 0 radical (unpaired) electrons. The van der Waals surface area contributed by atoms with Crippen molar-refractivity contribution in [2.45, 2.75) is 0 Å². The zero-order valence-electron chi connectivity index (χ0n) is 20.3. The van der Waals surface area contributed by atoms with Gasteiger partial charge >= 0.3 is 0 Å². The zero-order valence-corrected chi connectivity index (χ0v) is 20.3. The van der Waals surface area contributed by atoms with E-state index < -0.39 is 0 Å². The van der Waals surface area contributed by atoms with Crippen LogP contribution < -0.4 is 29.6 Å². The smallest absolute Gasteiger partial charge is 0.246 e. The van der Waals surface area contributed by atoms with E-state index in [0.29, 0.717) is 71.8 Å². The largest absolute Gasteiger partial charge is 0.493 e. The molecule has 4 rings (SSSR count). The Morgan fingerprint density at radius 2 is 1.49 bits per heavy atom. The van der Waals surface area contributed by atoms with Gasteiger partial charge in [-0.3, -0.25) is 4.79 Å². The Morgan fingerprint density at radius 1 is 0.857 bits per heavy atom. The van der Waals surface area contributed by atoms with Crippen molar-refractivity contribution in [1.29, 1.82) is 0 Å². The minimum atomic E-state index is -0.0600. The Hall–Kier alpha value is -4.21. The van der Waals surface area contributed by atoms with Gasteiger partial charge in [-0.2, -0.15) is 4.98 Å². The Kier molecular flexibility index (Phi) is 7.09. The van der Waals surface area contributed by atoms with Crippen molar-refractivity contribution in [3.8, 4) is 23.0 Å². The average molecular weight is 480 g/mol. The average Bonchev–Trinajstić information content (AvgIpc) is 2.90. The number of fused-ring (bicyclic) bond motifs is 1. The summed E-state index contributed by atoms with van der Waals surface area (Å²) in [6, 6.07) is 9.06. The molecule has 35 heavy (non-hydrogen) atoms. The van der Waals surface area contributed by atoms with Crippen LogP contribution in [0.15, 0.2) is 36.4 Å². The van der Waals surface area contributed by atoms with Gasteiger partial charge < -0.3 is 34.5 Å². The molecule has 1 aromatic heterocycles. The first-order chi connectivity index (χ1) is 17.0. The molecule has 184 valence electrons. The van der Waals surface area contributed by atoms with E-state index in [1.807, 2.05) is 23.1 Å². The molecule has 2 N–H and O–H groups in total. The number of nitrogens with zero attached hydrogens (tertiary/aromatic N) is 4. The molecule has 1 amide bonds. The maximum atomic E-state index is 12.7. The fourth-order valence-corrected chi connectivity index (χ4v) is 3.96. The molecule has 1 aliphatic rings. The number of nitrogen functional groups attached to an aromatic ring is 1. The molecule has 0 bridgehead atoms. The number of hydrogen-bond donors (Lipinski definition) is 1. The minimum absolute atomic E-state index is 0.0600. The Morgan fingerprint density at radius 3 is 2.14 bits per heavy atom. The van der Waals surface area contributed by atoms with Gasteiger partial charge in [-0.25, -0.2) is 4.98 Å². The first kappa shape index (κ1) is 23.9. The molecular weight excluding hydrogens is 450 g/mol. The molecular formula is C25H29N5O5. The summed E-state index contributed by atoms with van der Waals surface area (Å²) in [6.07, 6.45) is 3.34. The van der Waals surface area contributed by atoms with Gasteiger partial charge in [0.2, 0.25) is 11.9 Å². The van der Waals surface area contributed by atoms with Crippen molar-refractivity contribution >= 4 is 34.7 Å². The number of carbonyl (C=O) groups excluding carboxylic acids is 1. The number of carbonyl (C=O) groups is 1. The van der Waals surface area contributed by atoms with Crippen molar-refractivity contribution < 1.29 is 23.7 Å². The lowest BCUT2D eigenvalue weighted by atomic mass is 10.2. The van der Waals surface area contributed by atoms with Crippen molar-refractivity contribution in [3.05, 3.63) is 42.0 Å². The van der Waals surface area contributed by atoms with Crippen LogP contribution in [0.2, 0.25) is 0 Å². The highest BCUT2D eigenvalue weighted by atomic mass is 16.5. The standard InChI is InChI=1S/C25H29N5O5/c1-32-19-7-5-16(13-20(19)33-2)6-8-23(31)29-9-11-30(12-10-29)25-27-18-15-22(35-4)21(34-3)14-17(18)24(26)28-25/h5-8,13-15H,9-12H2,1-4H3,(H2,26,27,28). The molecule has 0 aliphatic carbocycles. The van der Waals surface area contributed by atoms with E-state index in [2.05, 4.69) is 9.97 Å². The molecule has 1 fully saturated rings. The van der Waals surface area contributed by atoms with Crippen molar-refractivity contribution in [1.82, 2.24) is 14.9 Å². The summed E-state index contributed by atoms with van der Waals surface area (Å²) < 4.78 is 21.3. The van der Waals surface area contributed by atoms with Gasteiger partial charge in [-0.05, 0) is 29.8 Å². The first-order valence-electron chi connectivity index (χ1n) is 11.1. The highest BCUT2D eigenvalue weighted by Gasteiger charge is 2.23. The van der Waals surface area contributed by atoms with Crippen LogP contribution in [0.1, 0.15) is 5.56 Å². The number of methoxy groups -OCH3 is 4. The van der Waals surface area contributed by atoms with Crippen LogP contribution >= 0.6 is 0 Å². The van der Waals surface area contributed by atoms with E-state index in [4.69, 9.17) is 24.7 Å². The summed E-state index contributed by atoms with van der Waals surface area (Å²) in [4.78, 5) is 25.7. The van der Waals surface area contributed by atoms with Gasteiger partial charge in [0.1, 0.15) is 5.82 Å². The van der Waals surface area contributed by atoms with Gasteiger partial charge in [0.05, 0.1) is 34.0 Å².